The van der Waals surface area contributed by atoms with E-state index in [2.05, 4.69) is 27.3 Å². The van der Waals surface area contributed by atoms with Crippen LogP contribution in [0.25, 0.3) is 11.3 Å². The number of hydrogen-bond donors (Lipinski definition) is 1. The van der Waals surface area contributed by atoms with Gasteiger partial charge in [0.25, 0.3) is 5.91 Å². The van der Waals surface area contributed by atoms with Gasteiger partial charge < -0.3 is 19.7 Å². The Bertz CT molecular complexity index is 1060. The molecule has 1 aliphatic rings. The average Bonchev–Trinajstić information content (AvgIpc) is 2.84. The lowest BCUT2D eigenvalue weighted by Gasteiger charge is -2.30. The highest BCUT2D eigenvalue weighted by Gasteiger charge is 2.17. The van der Waals surface area contributed by atoms with Gasteiger partial charge in [0, 0.05) is 24.3 Å². The van der Waals surface area contributed by atoms with Crippen molar-refractivity contribution >= 4 is 17.4 Å². The minimum absolute atomic E-state index is 0.270. The Labute approximate surface area is 188 Å². The molecule has 1 saturated heterocycles. The summed E-state index contributed by atoms with van der Waals surface area (Å²) in [5.74, 6) is 2.51. The van der Waals surface area contributed by atoms with E-state index in [-0.39, 0.29) is 5.91 Å². The standard InChI is InChI=1S/C25H28N4O3/c1-17-12-14-29(15-13-17)24-11-9-22(27-28-24)18-4-6-19(7-5-18)26-25(30)21-16-20(31-2)8-10-23(21)32-3/h4-11,16-17H,12-15H2,1-3H3,(H,26,30). The van der Waals surface area contributed by atoms with Crippen LogP contribution in [0.5, 0.6) is 11.5 Å². The maximum atomic E-state index is 12.8. The summed E-state index contributed by atoms with van der Waals surface area (Å²) >= 11 is 0. The molecule has 3 aromatic rings. The Morgan fingerprint density at radius 3 is 2.34 bits per heavy atom. The average molecular weight is 433 g/mol. The van der Waals surface area contributed by atoms with Gasteiger partial charge >= 0.3 is 0 Å². The summed E-state index contributed by atoms with van der Waals surface area (Å²) in [6.07, 6.45) is 2.39. The molecular weight excluding hydrogens is 404 g/mol. The molecule has 2 aromatic carbocycles. The first-order chi connectivity index (χ1) is 15.6. The quantitative estimate of drug-likeness (QED) is 0.611. The SMILES string of the molecule is COc1ccc(OC)c(C(=O)Nc2ccc(-c3ccc(N4CCC(C)CC4)nn3)cc2)c1. The maximum Gasteiger partial charge on any atom is 0.259 e. The Morgan fingerprint density at radius 2 is 1.72 bits per heavy atom. The molecule has 0 bridgehead atoms. The Morgan fingerprint density at radius 1 is 0.969 bits per heavy atom. The molecule has 0 unspecified atom stereocenters. The van der Waals surface area contributed by atoms with Gasteiger partial charge in [-0.25, -0.2) is 0 Å². The number of nitrogens with one attached hydrogen (secondary N) is 1. The molecule has 0 atom stereocenters. The Balaban J connectivity index is 1.44. The van der Waals surface area contributed by atoms with Gasteiger partial charge in [0.1, 0.15) is 11.5 Å². The van der Waals surface area contributed by atoms with E-state index in [9.17, 15) is 4.79 Å². The van der Waals surface area contributed by atoms with Crippen molar-refractivity contribution in [2.75, 3.05) is 37.5 Å². The van der Waals surface area contributed by atoms with Crippen molar-refractivity contribution in [2.24, 2.45) is 5.92 Å². The highest BCUT2D eigenvalue weighted by Crippen LogP contribution is 2.26. The molecule has 1 aromatic heterocycles. The third kappa shape index (κ3) is 4.82. The molecule has 1 N–H and O–H groups in total. The van der Waals surface area contributed by atoms with Crippen LogP contribution in [0.4, 0.5) is 11.5 Å². The molecule has 2 heterocycles. The van der Waals surface area contributed by atoms with Crippen LogP contribution < -0.4 is 19.7 Å². The molecule has 0 saturated carbocycles. The van der Waals surface area contributed by atoms with E-state index in [1.807, 2.05) is 36.4 Å². The summed E-state index contributed by atoms with van der Waals surface area (Å²) in [4.78, 5) is 15.0. The fourth-order valence-corrected chi connectivity index (χ4v) is 3.80. The molecule has 0 spiro atoms. The summed E-state index contributed by atoms with van der Waals surface area (Å²) < 4.78 is 10.5. The number of nitrogens with zero attached hydrogens (tertiary/aromatic N) is 3. The van der Waals surface area contributed by atoms with Crippen LogP contribution in [0.3, 0.4) is 0 Å². The van der Waals surface area contributed by atoms with Crippen LogP contribution in [0.2, 0.25) is 0 Å². The van der Waals surface area contributed by atoms with E-state index in [0.717, 1.165) is 36.1 Å². The van der Waals surface area contributed by atoms with E-state index < -0.39 is 0 Å². The van der Waals surface area contributed by atoms with E-state index in [1.54, 1.807) is 25.3 Å². The third-order valence-corrected chi connectivity index (χ3v) is 5.85. The topological polar surface area (TPSA) is 76.6 Å². The van der Waals surface area contributed by atoms with Crippen molar-refractivity contribution in [3.63, 3.8) is 0 Å². The fourth-order valence-electron chi connectivity index (χ4n) is 3.80. The minimum atomic E-state index is -0.270. The number of amides is 1. The summed E-state index contributed by atoms with van der Waals surface area (Å²) in [5, 5.41) is 11.7. The van der Waals surface area contributed by atoms with Gasteiger partial charge in [-0.1, -0.05) is 19.1 Å². The zero-order valence-electron chi connectivity index (χ0n) is 18.7. The van der Waals surface area contributed by atoms with Crippen molar-refractivity contribution in [2.45, 2.75) is 19.8 Å². The van der Waals surface area contributed by atoms with Gasteiger partial charge in [-0.3, -0.25) is 4.79 Å². The van der Waals surface area contributed by atoms with Crippen molar-refractivity contribution in [3.8, 4) is 22.8 Å². The summed E-state index contributed by atoms with van der Waals surface area (Å²) in [6.45, 7) is 4.36. The highest BCUT2D eigenvalue weighted by atomic mass is 16.5. The van der Waals surface area contributed by atoms with Crippen LogP contribution >= 0.6 is 0 Å². The molecule has 7 nitrogen and oxygen atoms in total. The van der Waals surface area contributed by atoms with Gasteiger partial charge in [-0.15, -0.1) is 10.2 Å². The minimum Gasteiger partial charge on any atom is -0.497 e. The van der Waals surface area contributed by atoms with Gasteiger partial charge in [0.15, 0.2) is 5.82 Å². The maximum absolute atomic E-state index is 12.8. The van der Waals surface area contributed by atoms with Gasteiger partial charge in [-0.05, 0) is 61.2 Å². The predicted molar refractivity (Wildman–Crippen MR) is 126 cm³/mol. The van der Waals surface area contributed by atoms with Gasteiger partial charge in [0.05, 0.1) is 25.5 Å². The second-order valence-corrected chi connectivity index (χ2v) is 8.04. The lowest BCUT2D eigenvalue weighted by Crippen LogP contribution is -2.33. The monoisotopic (exact) mass is 432 g/mol. The zero-order valence-corrected chi connectivity index (χ0v) is 18.7. The summed E-state index contributed by atoms with van der Waals surface area (Å²) in [7, 11) is 3.09. The van der Waals surface area contributed by atoms with Crippen LogP contribution in [0.15, 0.2) is 54.6 Å². The number of rotatable bonds is 6. The molecule has 166 valence electrons. The van der Waals surface area contributed by atoms with Crippen LogP contribution in [-0.4, -0.2) is 43.4 Å². The molecule has 1 fully saturated rings. The first-order valence-corrected chi connectivity index (χ1v) is 10.8. The second kappa shape index (κ2) is 9.68. The molecule has 1 amide bonds. The molecular formula is C25H28N4O3. The first-order valence-electron chi connectivity index (χ1n) is 10.8. The molecule has 1 aliphatic heterocycles. The van der Waals surface area contributed by atoms with Crippen LogP contribution in [0.1, 0.15) is 30.1 Å². The fraction of sp³-hybridized carbons (Fsp3) is 0.320. The number of carbonyl (C=O) groups is 1. The van der Waals surface area contributed by atoms with Gasteiger partial charge in [-0.2, -0.15) is 0 Å². The predicted octanol–water partition coefficient (Wildman–Crippen LogP) is 4.65. The first kappa shape index (κ1) is 21.6. The number of ether oxygens (including phenoxy) is 2. The number of carbonyl (C=O) groups excluding carboxylic acids is 1. The highest BCUT2D eigenvalue weighted by molar-refractivity contribution is 6.06. The van der Waals surface area contributed by atoms with E-state index >= 15 is 0 Å². The number of aromatic nitrogens is 2. The summed E-state index contributed by atoms with van der Waals surface area (Å²) in [5.41, 5.74) is 2.82. The zero-order chi connectivity index (χ0) is 22.5. The molecule has 0 radical (unpaired) electrons. The van der Waals surface area contributed by atoms with Crippen molar-refractivity contribution in [3.05, 3.63) is 60.2 Å². The number of benzene rings is 2. The number of piperidine rings is 1. The lowest BCUT2D eigenvalue weighted by atomic mass is 9.99. The van der Waals surface area contributed by atoms with E-state index in [0.29, 0.717) is 22.7 Å². The van der Waals surface area contributed by atoms with Crippen molar-refractivity contribution in [1.29, 1.82) is 0 Å². The van der Waals surface area contributed by atoms with Crippen LogP contribution in [0, 0.1) is 5.92 Å². The van der Waals surface area contributed by atoms with Gasteiger partial charge in [0.2, 0.25) is 0 Å². The van der Waals surface area contributed by atoms with E-state index in [4.69, 9.17) is 9.47 Å². The smallest absolute Gasteiger partial charge is 0.259 e. The Hall–Kier alpha value is -3.61. The molecule has 7 heteroatoms. The number of methoxy groups -OCH3 is 2. The second-order valence-electron chi connectivity index (χ2n) is 8.04. The van der Waals surface area contributed by atoms with Crippen molar-refractivity contribution in [1.82, 2.24) is 10.2 Å². The van der Waals surface area contributed by atoms with Crippen LogP contribution in [-0.2, 0) is 0 Å². The third-order valence-electron chi connectivity index (χ3n) is 5.85. The summed E-state index contributed by atoms with van der Waals surface area (Å²) in [6, 6.07) is 16.7. The normalized spacial score (nSPS) is 14.2. The molecule has 32 heavy (non-hydrogen) atoms. The van der Waals surface area contributed by atoms with Crippen molar-refractivity contribution < 1.29 is 14.3 Å². The number of hydrogen-bond acceptors (Lipinski definition) is 6. The molecule has 4 rings (SSSR count). The largest absolute Gasteiger partial charge is 0.497 e. The van der Waals surface area contributed by atoms with E-state index in [1.165, 1.54) is 20.0 Å². The lowest BCUT2D eigenvalue weighted by molar-refractivity contribution is 0.102. The molecule has 0 aliphatic carbocycles. The number of anilines is 2. The Kier molecular flexibility index (Phi) is 6.54.